The first-order valence-electron chi connectivity index (χ1n) is 6.42. The van der Waals surface area contributed by atoms with Crippen molar-refractivity contribution in [2.24, 2.45) is 17.3 Å². The number of carbonyl (C=O) groups is 2. The topological polar surface area (TPSA) is 95.1 Å². The molecular formula is C13H19N3O3. The van der Waals surface area contributed by atoms with Crippen LogP contribution in [0.15, 0.2) is 12.4 Å². The fourth-order valence-electron chi connectivity index (χ4n) is 2.68. The Balaban J connectivity index is 2.04. The maximum atomic E-state index is 12.2. The maximum Gasteiger partial charge on any atom is 0.307 e. The lowest BCUT2D eigenvalue weighted by Crippen LogP contribution is -2.31. The fourth-order valence-corrected chi connectivity index (χ4v) is 2.68. The van der Waals surface area contributed by atoms with E-state index in [1.165, 1.54) is 0 Å². The van der Waals surface area contributed by atoms with Crippen molar-refractivity contribution < 1.29 is 14.7 Å². The number of hydrogen-bond donors (Lipinski definition) is 3. The number of carbonyl (C=O) groups excluding carboxylic acids is 1. The van der Waals surface area contributed by atoms with Gasteiger partial charge in [0.1, 0.15) is 5.82 Å². The highest BCUT2D eigenvalue weighted by Crippen LogP contribution is 2.58. The quantitative estimate of drug-likeness (QED) is 0.748. The van der Waals surface area contributed by atoms with Crippen LogP contribution in [0.2, 0.25) is 0 Å². The van der Waals surface area contributed by atoms with E-state index in [2.05, 4.69) is 15.3 Å². The van der Waals surface area contributed by atoms with E-state index in [1.54, 1.807) is 12.4 Å². The van der Waals surface area contributed by atoms with Crippen LogP contribution >= 0.6 is 0 Å². The predicted molar refractivity (Wildman–Crippen MR) is 68.2 cm³/mol. The molecule has 0 radical (unpaired) electrons. The molecule has 3 atom stereocenters. The number of imidazole rings is 1. The molecule has 0 aliphatic heterocycles. The summed E-state index contributed by atoms with van der Waals surface area (Å²) in [6, 6.07) is -0.201. The molecule has 1 saturated carbocycles. The van der Waals surface area contributed by atoms with Gasteiger partial charge in [0.25, 0.3) is 0 Å². The van der Waals surface area contributed by atoms with E-state index in [4.69, 9.17) is 5.11 Å². The third-order valence-electron chi connectivity index (χ3n) is 3.95. The van der Waals surface area contributed by atoms with Gasteiger partial charge in [-0.25, -0.2) is 4.98 Å². The molecule has 0 saturated heterocycles. The number of rotatable bonds is 5. The molecule has 1 fully saturated rings. The summed E-state index contributed by atoms with van der Waals surface area (Å²) >= 11 is 0. The number of nitrogens with one attached hydrogen (secondary N) is 2. The molecule has 6 heteroatoms. The molecule has 1 aliphatic carbocycles. The molecule has 104 valence electrons. The summed E-state index contributed by atoms with van der Waals surface area (Å²) in [6.45, 7) is 5.56. The van der Waals surface area contributed by atoms with Gasteiger partial charge in [0.05, 0.1) is 17.9 Å². The Morgan fingerprint density at radius 2 is 2.21 bits per heavy atom. The van der Waals surface area contributed by atoms with Gasteiger partial charge in [-0.05, 0) is 11.8 Å². The van der Waals surface area contributed by atoms with Crippen LogP contribution in [0.5, 0.6) is 0 Å². The van der Waals surface area contributed by atoms with Crippen molar-refractivity contribution in [3.63, 3.8) is 0 Å². The van der Waals surface area contributed by atoms with Gasteiger partial charge in [0.2, 0.25) is 5.91 Å². The lowest BCUT2D eigenvalue weighted by Gasteiger charge is -2.15. The van der Waals surface area contributed by atoms with Crippen molar-refractivity contribution in [1.29, 1.82) is 0 Å². The summed E-state index contributed by atoms with van der Waals surface area (Å²) in [6.07, 6.45) is 4.03. The number of aliphatic carboxylic acids is 1. The third kappa shape index (κ3) is 2.34. The second-order valence-corrected chi connectivity index (χ2v) is 5.56. The number of hydrogen-bond acceptors (Lipinski definition) is 3. The van der Waals surface area contributed by atoms with Crippen LogP contribution in [0.1, 0.15) is 39.1 Å². The maximum absolute atomic E-state index is 12.2. The van der Waals surface area contributed by atoms with Gasteiger partial charge >= 0.3 is 5.97 Å². The summed E-state index contributed by atoms with van der Waals surface area (Å²) in [5.41, 5.74) is -0.475. The predicted octanol–water partition coefficient (Wildman–Crippen LogP) is 1.33. The minimum atomic E-state index is -0.906. The Bertz CT molecular complexity index is 481. The Hall–Kier alpha value is -1.85. The Morgan fingerprint density at radius 3 is 2.63 bits per heavy atom. The van der Waals surface area contributed by atoms with E-state index in [0.717, 1.165) is 0 Å². The van der Waals surface area contributed by atoms with Crippen LogP contribution in [-0.4, -0.2) is 27.0 Å². The molecule has 6 nitrogen and oxygen atoms in total. The molecule has 1 aliphatic rings. The SMILES string of the molecule is CCC(NC(=O)C1C(C(=O)O)C1(C)C)c1ncc[nH]1. The molecule has 1 aromatic heterocycles. The van der Waals surface area contributed by atoms with Gasteiger partial charge in [-0.15, -0.1) is 0 Å². The Kier molecular flexibility index (Phi) is 3.34. The lowest BCUT2D eigenvalue weighted by molar-refractivity contribution is -0.140. The normalized spacial score (nSPS) is 25.6. The number of carboxylic acids is 1. The van der Waals surface area contributed by atoms with Gasteiger partial charge in [0, 0.05) is 12.4 Å². The molecular weight excluding hydrogens is 246 g/mol. The van der Waals surface area contributed by atoms with Crippen molar-refractivity contribution in [3.8, 4) is 0 Å². The average Bonchev–Trinajstić information content (AvgIpc) is 2.74. The summed E-state index contributed by atoms with van der Waals surface area (Å²) in [4.78, 5) is 30.4. The molecule has 3 N–H and O–H groups in total. The molecule has 0 bridgehead atoms. The molecule has 19 heavy (non-hydrogen) atoms. The average molecular weight is 265 g/mol. The van der Waals surface area contributed by atoms with Crippen molar-refractivity contribution in [2.75, 3.05) is 0 Å². The molecule has 1 amide bonds. The van der Waals surface area contributed by atoms with Crippen molar-refractivity contribution in [1.82, 2.24) is 15.3 Å². The number of carboxylic acid groups (broad SMARTS) is 1. The summed E-state index contributed by atoms with van der Waals surface area (Å²) in [5, 5.41) is 12.0. The van der Waals surface area contributed by atoms with Gasteiger partial charge in [-0.2, -0.15) is 0 Å². The first kappa shape index (κ1) is 13.6. The molecule has 1 heterocycles. The Labute approximate surface area is 111 Å². The van der Waals surface area contributed by atoms with Crippen LogP contribution in [0.25, 0.3) is 0 Å². The van der Waals surface area contributed by atoms with Gasteiger partial charge in [-0.3, -0.25) is 9.59 Å². The number of aromatic nitrogens is 2. The van der Waals surface area contributed by atoms with Gasteiger partial charge in [-0.1, -0.05) is 20.8 Å². The lowest BCUT2D eigenvalue weighted by atomic mass is 10.1. The first-order chi connectivity index (χ1) is 8.89. The van der Waals surface area contributed by atoms with E-state index in [0.29, 0.717) is 12.2 Å². The van der Waals surface area contributed by atoms with Crippen LogP contribution in [0.4, 0.5) is 0 Å². The van der Waals surface area contributed by atoms with Crippen LogP contribution in [0.3, 0.4) is 0 Å². The minimum absolute atomic E-state index is 0.201. The molecule has 2 rings (SSSR count). The molecule has 0 aromatic carbocycles. The smallest absolute Gasteiger partial charge is 0.307 e. The number of amides is 1. The van der Waals surface area contributed by atoms with Crippen molar-refractivity contribution in [2.45, 2.75) is 33.2 Å². The largest absolute Gasteiger partial charge is 0.481 e. The minimum Gasteiger partial charge on any atom is -0.481 e. The van der Waals surface area contributed by atoms with E-state index >= 15 is 0 Å². The first-order valence-corrected chi connectivity index (χ1v) is 6.42. The zero-order valence-corrected chi connectivity index (χ0v) is 11.3. The second-order valence-electron chi connectivity index (χ2n) is 5.56. The monoisotopic (exact) mass is 265 g/mol. The summed E-state index contributed by atoms with van der Waals surface area (Å²) in [5.74, 6) is -1.48. The second kappa shape index (κ2) is 4.68. The number of aromatic amines is 1. The standard InChI is InChI=1S/C13H19N3O3/c1-4-7(10-14-5-6-15-10)16-11(17)8-9(12(18)19)13(8,2)3/h5-9H,4H2,1-3H3,(H,14,15)(H,16,17)(H,18,19). The van der Waals surface area contributed by atoms with E-state index in [1.807, 2.05) is 20.8 Å². The number of nitrogens with zero attached hydrogens (tertiary/aromatic N) is 1. The van der Waals surface area contributed by atoms with E-state index in [9.17, 15) is 9.59 Å². The highest BCUT2D eigenvalue weighted by molar-refractivity contribution is 5.91. The molecule has 0 spiro atoms. The number of H-pyrrole nitrogens is 1. The van der Waals surface area contributed by atoms with Crippen LogP contribution < -0.4 is 5.32 Å². The van der Waals surface area contributed by atoms with Crippen molar-refractivity contribution >= 4 is 11.9 Å². The Morgan fingerprint density at radius 1 is 1.53 bits per heavy atom. The third-order valence-corrected chi connectivity index (χ3v) is 3.95. The van der Waals surface area contributed by atoms with Crippen molar-refractivity contribution in [3.05, 3.63) is 18.2 Å². The van der Waals surface area contributed by atoms with Gasteiger partial charge in [0.15, 0.2) is 0 Å². The molecule has 3 unspecified atom stereocenters. The zero-order valence-electron chi connectivity index (χ0n) is 11.3. The highest BCUT2D eigenvalue weighted by atomic mass is 16.4. The highest BCUT2D eigenvalue weighted by Gasteiger charge is 2.66. The zero-order chi connectivity index (χ0) is 14.2. The molecule has 1 aromatic rings. The fraction of sp³-hybridized carbons (Fsp3) is 0.615. The van der Waals surface area contributed by atoms with Crippen LogP contribution in [0, 0.1) is 17.3 Å². The summed E-state index contributed by atoms with van der Waals surface area (Å²) < 4.78 is 0. The van der Waals surface area contributed by atoms with Gasteiger partial charge < -0.3 is 15.4 Å². The van der Waals surface area contributed by atoms with E-state index < -0.39 is 23.2 Å². The van der Waals surface area contributed by atoms with Crippen LogP contribution in [-0.2, 0) is 9.59 Å². The summed E-state index contributed by atoms with van der Waals surface area (Å²) in [7, 11) is 0. The van der Waals surface area contributed by atoms with E-state index in [-0.39, 0.29) is 11.9 Å².